The topological polar surface area (TPSA) is 59.3 Å². The number of para-hydroxylation sites is 1. The Balaban J connectivity index is 1.42. The molecule has 1 aromatic heterocycles. The van der Waals surface area contributed by atoms with Gasteiger partial charge in [0.1, 0.15) is 5.75 Å². The van der Waals surface area contributed by atoms with Gasteiger partial charge in [-0.05, 0) is 44.1 Å². The van der Waals surface area contributed by atoms with E-state index in [4.69, 9.17) is 4.74 Å². The zero-order valence-electron chi connectivity index (χ0n) is 14.7. The van der Waals surface area contributed by atoms with Gasteiger partial charge >= 0.3 is 0 Å². The van der Waals surface area contributed by atoms with Crippen LogP contribution in [0.15, 0.2) is 30.5 Å². The first-order valence-electron chi connectivity index (χ1n) is 9.44. The second-order valence-corrected chi connectivity index (χ2v) is 7.18. The van der Waals surface area contributed by atoms with Crippen LogP contribution in [0.1, 0.15) is 48.5 Å². The molecule has 1 aromatic carbocycles. The third-order valence-corrected chi connectivity index (χ3v) is 5.26. The third-order valence-electron chi connectivity index (χ3n) is 5.26. The van der Waals surface area contributed by atoms with Crippen molar-refractivity contribution in [2.24, 2.45) is 5.92 Å². The maximum absolute atomic E-state index is 9.19. The van der Waals surface area contributed by atoms with Gasteiger partial charge in [0.2, 0.25) is 0 Å². The molecule has 2 aromatic rings. The highest BCUT2D eigenvalue weighted by molar-refractivity contribution is 5.34. The Morgan fingerprint density at radius 1 is 1.24 bits per heavy atom. The number of ether oxygens (including phenoxy) is 1. The second-order valence-electron chi connectivity index (χ2n) is 7.18. The fourth-order valence-corrected chi connectivity index (χ4v) is 3.63. The van der Waals surface area contributed by atoms with E-state index in [-0.39, 0.29) is 6.61 Å². The predicted octanol–water partition coefficient (Wildman–Crippen LogP) is 2.83. The first kappa shape index (κ1) is 16.6. The van der Waals surface area contributed by atoms with E-state index in [2.05, 4.69) is 28.6 Å². The van der Waals surface area contributed by atoms with Crippen LogP contribution in [0.4, 0.5) is 0 Å². The van der Waals surface area contributed by atoms with Gasteiger partial charge in [-0.3, -0.25) is 4.68 Å². The fourth-order valence-electron chi connectivity index (χ4n) is 3.63. The molecule has 0 saturated heterocycles. The first-order chi connectivity index (χ1) is 12.3. The Kier molecular flexibility index (Phi) is 5.04. The molecule has 1 unspecified atom stereocenters. The Hall–Kier alpha value is -1.85. The highest BCUT2D eigenvalue weighted by atomic mass is 16.5. The zero-order chi connectivity index (χ0) is 17.1. The van der Waals surface area contributed by atoms with Crippen molar-refractivity contribution in [1.82, 2.24) is 15.1 Å². The fraction of sp³-hybridized carbons (Fsp3) is 0.550. The van der Waals surface area contributed by atoms with Crippen LogP contribution in [-0.4, -0.2) is 28.1 Å². The molecule has 2 aliphatic carbocycles. The van der Waals surface area contributed by atoms with Crippen LogP contribution < -0.4 is 10.1 Å². The van der Waals surface area contributed by atoms with Crippen molar-refractivity contribution in [1.29, 1.82) is 0 Å². The van der Waals surface area contributed by atoms with Crippen molar-refractivity contribution in [2.75, 3.05) is 13.2 Å². The summed E-state index contributed by atoms with van der Waals surface area (Å²) in [7, 11) is 0. The van der Waals surface area contributed by atoms with E-state index in [9.17, 15) is 5.11 Å². The van der Waals surface area contributed by atoms with Crippen LogP contribution in [-0.2, 0) is 19.5 Å². The van der Waals surface area contributed by atoms with Crippen molar-refractivity contribution in [3.8, 4) is 5.75 Å². The molecule has 1 fully saturated rings. The minimum absolute atomic E-state index is 0.137. The third kappa shape index (κ3) is 3.88. The van der Waals surface area contributed by atoms with E-state index in [1.807, 2.05) is 16.9 Å². The lowest BCUT2D eigenvalue weighted by Gasteiger charge is -2.25. The van der Waals surface area contributed by atoms with Crippen LogP contribution in [0.25, 0.3) is 0 Å². The zero-order valence-corrected chi connectivity index (χ0v) is 14.7. The summed E-state index contributed by atoms with van der Waals surface area (Å²) in [6, 6.07) is 8.67. The van der Waals surface area contributed by atoms with Gasteiger partial charge in [0.25, 0.3) is 0 Å². The second kappa shape index (κ2) is 7.58. The van der Waals surface area contributed by atoms with Crippen molar-refractivity contribution >= 4 is 0 Å². The van der Waals surface area contributed by atoms with Gasteiger partial charge < -0.3 is 15.2 Å². The van der Waals surface area contributed by atoms with Crippen LogP contribution >= 0.6 is 0 Å². The summed E-state index contributed by atoms with van der Waals surface area (Å²) in [5.41, 5.74) is 3.78. The maximum atomic E-state index is 9.19. The summed E-state index contributed by atoms with van der Waals surface area (Å²) >= 11 is 0. The summed E-state index contributed by atoms with van der Waals surface area (Å²) < 4.78 is 7.98. The highest BCUT2D eigenvalue weighted by Gasteiger charge is 2.25. The number of aliphatic hydroxyl groups is 1. The lowest BCUT2D eigenvalue weighted by Crippen LogP contribution is -2.25. The molecule has 0 radical (unpaired) electrons. The van der Waals surface area contributed by atoms with Crippen LogP contribution in [0, 0.1) is 5.92 Å². The SMILES string of the molecule is OCCn1ncc2c1CCCC2NCc1ccccc1OCC1CC1. The number of rotatable bonds is 8. The molecule has 2 N–H and O–H groups in total. The smallest absolute Gasteiger partial charge is 0.123 e. The molecule has 0 amide bonds. The number of nitrogens with zero attached hydrogens (tertiary/aromatic N) is 2. The number of benzene rings is 1. The predicted molar refractivity (Wildman–Crippen MR) is 96.5 cm³/mol. The molecule has 5 heteroatoms. The van der Waals surface area contributed by atoms with Crippen LogP contribution in [0.3, 0.4) is 0 Å². The first-order valence-corrected chi connectivity index (χ1v) is 9.44. The van der Waals surface area contributed by atoms with Crippen molar-refractivity contribution in [2.45, 2.75) is 51.2 Å². The van der Waals surface area contributed by atoms with Crippen LogP contribution in [0.5, 0.6) is 5.75 Å². The number of fused-ring (bicyclic) bond motifs is 1. The average Bonchev–Trinajstić information content (AvgIpc) is 3.39. The van der Waals surface area contributed by atoms with Crippen molar-refractivity contribution < 1.29 is 9.84 Å². The van der Waals surface area contributed by atoms with Gasteiger partial charge in [-0.1, -0.05) is 18.2 Å². The molecule has 25 heavy (non-hydrogen) atoms. The largest absolute Gasteiger partial charge is 0.493 e. The molecule has 1 saturated carbocycles. The molecule has 0 spiro atoms. The highest BCUT2D eigenvalue weighted by Crippen LogP contribution is 2.32. The van der Waals surface area contributed by atoms with Gasteiger partial charge in [-0.15, -0.1) is 0 Å². The molecule has 1 heterocycles. The number of aromatic nitrogens is 2. The monoisotopic (exact) mass is 341 g/mol. The van der Waals surface area contributed by atoms with E-state index in [1.54, 1.807) is 0 Å². The summed E-state index contributed by atoms with van der Waals surface area (Å²) in [6.45, 7) is 2.37. The van der Waals surface area contributed by atoms with Crippen molar-refractivity contribution in [3.05, 3.63) is 47.3 Å². The average molecular weight is 341 g/mol. The number of nitrogens with one attached hydrogen (secondary N) is 1. The Labute approximate surface area is 149 Å². The van der Waals surface area contributed by atoms with Gasteiger partial charge in [0.05, 0.1) is 26.0 Å². The molecule has 0 bridgehead atoms. The van der Waals surface area contributed by atoms with Gasteiger partial charge in [0.15, 0.2) is 0 Å². The molecule has 4 rings (SSSR count). The molecular formula is C20H27N3O2. The van der Waals surface area contributed by atoms with Crippen LogP contribution in [0.2, 0.25) is 0 Å². The van der Waals surface area contributed by atoms with Gasteiger partial charge in [-0.25, -0.2) is 0 Å². The standard InChI is InChI=1S/C20H27N3O2/c24-11-10-23-19-6-3-5-18(17(19)13-22-23)21-12-16-4-1-2-7-20(16)25-14-15-8-9-15/h1-2,4,7,13,15,18,21,24H,3,5-6,8-12,14H2. The Bertz CT molecular complexity index is 709. The van der Waals surface area contributed by atoms with Gasteiger partial charge in [-0.2, -0.15) is 5.10 Å². The summed E-state index contributed by atoms with van der Waals surface area (Å²) in [5, 5.41) is 17.3. The molecule has 5 nitrogen and oxygen atoms in total. The molecular weight excluding hydrogens is 314 g/mol. The maximum Gasteiger partial charge on any atom is 0.123 e. The van der Waals surface area contributed by atoms with Gasteiger partial charge in [0, 0.05) is 29.4 Å². The number of aliphatic hydroxyl groups excluding tert-OH is 1. The minimum atomic E-state index is 0.137. The van der Waals surface area contributed by atoms with E-state index in [0.29, 0.717) is 12.6 Å². The van der Waals surface area contributed by atoms with Crippen molar-refractivity contribution in [3.63, 3.8) is 0 Å². The normalized spacial score (nSPS) is 19.6. The van der Waals surface area contributed by atoms with E-state index in [1.165, 1.54) is 29.7 Å². The summed E-state index contributed by atoms with van der Waals surface area (Å²) in [5.74, 6) is 1.77. The van der Waals surface area contributed by atoms with E-state index < -0.39 is 0 Å². The molecule has 1 atom stereocenters. The minimum Gasteiger partial charge on any atom is -0.493 e. The van der Waals surface area contributed by atoms with E-state index in [0.717, 1.165) is 44.1 Å². The molecule has 134 valence electrons. The molecule has 2 aliphatic rings. The summed E-state index contributed by atoms with van der Waals surface area (Å²) in [4.78, 5) is 0. The Morgan fingerprint density at radius 2 is 2.12 bits per heavy atom. The number of hydrogen-bond donors (Lipinski definition) is 2. The Morgan fingerprint density at radius 3 is 2.96 bits per heavy atom. The van der Waals surface area contributed by atoms with E-state index >= 15 is 0 Å². The summed E-state index contributed by atoms with van der Waals surface area (Å²) in [6.07, 6.45) is 7.92. The lowest BCUT2D eigenvalue weighted by molar-refractivity contribution is 0.266. The lowest BCUT2D eigenvalue weighted by atomic mass is 9.92. The quantitative estimate of drug-likeness (QED) is 0.775. The number of hydrogen-bond acceptors (Lipinski definition) is 4. The molecule has 0 aliphatic heterocycles.